The third-order valence-electron chi connectivity index (χ3n) is 4.77. The summed E-state index contributed by atoms with van der Waals surface area (Å²) in [6, 6.07) is 12.1. The van der Waals surface area contributed by atoms with Crippen molar-refractivity contribution >= 4 is 33.2 Å². The van der Waals surface area contributed by atoms with E-state index in [1.54, 1.807) is 17.0 Å². The van der Waals surface area contributed by atoms with Crippen molar-refractivity contribution in [2.75, 3.05) is 11.4 Å². The topological polar surface area (TPSA) is 92.5 Å². The van der Waals surface area contributed by atoms with Gasteiger partial charge in [-0.3, -0.25) is 4.79 Å². The van der Waals surface area contributed by atoms with Crippen LogP contribution < -0.4 is 15.4 Å². The number of fused-ring (bicyclic) bond motifs is 1. The van der Waals surface area contributed by atoms with Crippen molar-refractivity contribution in [1.29, 1.82) is 0 Å². The zero-order valence-corrected chi connectivity index (χ0v) is 16.7. The molecule has 3 rings (SSSR count). The summed E-state index contributed by atoms with van der Waals surface area (Å²) in [6.07, 6.45) is 0.592. The lowest BCUT2D eigenvalue weighted by atomic mass is 10.1. The van der Waals surface area contributed by atoms with E-state index in [0.717, 1.165) is 16.8 Å². The van der Waals surface area contributed by atoms with E-state index in [-0.39, 0.29) is 29.4 Å². The SMILES string of the molecule is CC(NCC(=O)N1c2ccc(S(N)(=O)=O)cc2CC1C)c1cccc(Cl)c1. The minimum atomic E-state index is -3.76. The number of halogens is 1. The predicted octanol–water partition coefficient (Wildman–Crippen LogP) is 2.62. The van der Waals surface area contributed by atoms with E-state index in [0.29, 0.717) is 11.4 Å². The first-order valence-electron chi connectivity index (χ1n) is 8.63. The van der Waals surface area contributed by atoms with Crippen LogP contribution in [-0.4, -0.2) is 26.9 Å². The van der Waals surface area contributed by atoms with Crippen LogP contribution in [-0.2, 0) is 21.2 Å². The summed E-state index contributed by atoms with van der Waals surface area (Å²) in [5, 5.41) is 9.08. The number of rotatable bonds is 5. The first-order chi connectivity index (χ1) is 12.7. The van der Waals surface area contributed by atoms with Gasteiger partial charge in [-0.1, -0.05) is 23.7 Å². The molecule has 144 valence electrons. The zero-order chi connectivity index (χ0) is 19.8. The predicted molar refractivity (Wildman–Crippen MR) is 106 cm³/mol. The number of hydrogen-bond acceptors (Lipinski definition) is 4. The van der Waals surface area contributed by atoms with Gasteiger partial charge in [0.1, 0.15) is 0 Å². The molecule has 0 bridgehead atoms. The Kier molecular flexibility index (Phi) is 5.58. The maximum atomic E-state index is 12.8. The second kappa shape index (κ2) is 7.59. The molecule has 3 N–H and O–H groups in total. The van der Waals surface area contributed by atoms with E-state index in [2.05, 4.69) is 5.32 Å². The third kappa shape index (κ3) is 4.32. The van der Waals surface area contributed by atoms with Gasteiger partial charge in [0.2, 0.25) is 15.9 Å². The Morgan fingerprint density at radius 3 is 2.74 bits per heavy atom. The highest BCUT2D eigenvalue weighted by molar-refractivity contribution is 7.89. The van der Waals surface area contributed by atoms with Crippen LogP contribution in [0.3, 0.4) is 0 Å². The molecular weight excluding hydrogens is 386 g/mol. The molecule has 1 aliphatic heterocycles. The molecule has 2 aromatic carbocycles. The van der Waals surface area contributed by atoms with Gasteiger partial charge in [0.05, 0.1) is 11.4 Å². The Bertz CT molecular complexity index is 978. The summed E-state index contributed by atoms with van der Waals surface area (Å²) in [4.78, 5) is 14.6. The fourth-order valence-electron chi connectivity index (χ4n) is 3.38. The summed E-state index contributed by atoms with van der Waals surface area (Å²) >= 11 is 6.02. The number of benzene rings is 2. The number of carbonyl (C=O) groups excluding carboxylic acids is 1. The van der Waals surface area contributed by atoms with Gasteiger partial charge in [-0.25, -0.2) is 13.6 Å². The Morgan fingerprint density at radius 1 is 1.33 bits per heavy atom. The van der Waals surface area contributed by atoms with Gasteiger partial charge in [-0.05, 0) is 61.7 Å². The Morgan fingerprint density at radius 2 is 2.07 bits per heavy atom. The van der Waals surface area contributed by atoms with Crippen LogP contribution in [0, 0.1) is 0 Å². The summed E-state index contributed by atoms with van der Waals surface area (Å²) in [7, 11) is -3.76. The van der Waals surface area contributed by atoms with E-state index in [4.69, 9.17) is 16.7 Å². The molecular formula is C19H22ClN3O3S. The number of carbonyl (C=O) groups is 1. The third-order valence-corrected chi connectivity index (χ3v) is 5.92. The van der Waals surface area contributed by atoms with E-state index in [1.807, 2.05) is 38.1 Å². The zero-order valence-electron chi connectivity index (χ0n) is 15.1. The first-order valence-corrected chi connectivity index (χ1v) is 10.6. The lowest BCUT2D eigenvalue weighted by molar-refractivity contribution is -0.118. The normalized spacial score (nSPS) is 17.6. The average molecular weight is 408 g/mol. The fourth-order valence-corrected chi connectivity index (χ4v) is 4.15. The van der Waals surface area contributed by atoms with Crippen LogP contribution >= 0.6 is 11.6 Å². The quantitative estimate of drug-likeness (QED) is 0.796. The summed E-state index contributed by atoms with van der Waals surface area (Å²) in [5.41, 5.74) is 2.55. The number of primary sulfonamides is 1. The highest BCUT2D eigenvalue weighted by atomic mass is 35.5. The van der Waals surface area contributed by atoms with Crippen LogP contribution in [0.25, 0.3) is 0 Å². The number of anilines is 1. The summed E-state index contributed by atoms with van der Waals surface area (Å²) in [5.74, 6) is -0.0708. The second-order valence-corrected chi connectivity index (χ2v) is 8.81. The van der Waals surface area contributed by atoms with Gasteiger partial charge in [-0.15, -0.1) is 0 Å². The van der Waals surface area contributed by atoms with Crippen molar-refractivity contribution in [3.63, 3.8) is 0 Å². The van der Waals surface area contributed by atoms with E-state index in [1.165, 1.54) is 6.07 Å². The standard InChI is InChI=1S/C19H22ClN3O3S/c1-12-8-15-10-17(27(21,25)26)6-7-18(15)23(12)19(24)11-22-13(2)14-4-3-5-16(20)9-14/h3-7,9-10,12-13,22H,8,11H2,1-2H3,(H2,21,25,26). The molecule has 0 saturated heterocycles. The lowest BCUT2D eigenvalue weighted by Gasteiger charge is -2.24. The molecule has 0 fully saturated rings. The first kappa shape index (κ1) is 19.8. The van der Waals surface area contributed by atoms with Gasteiger partial charge < -0.3 is 10.2 Å². The molecule has 2 atom stereocenters. The number of hydrogen-bond donors (Lipinski definition) is 2. The highest BCUT2D eigenvalue weighted by Gasteiger charge is 2.31. The van der Waals surface area contributed by atoms with Crippen molar-refractivity contribution in [2.45, 2.75) is 37.2 Å². The largest absolute Gasteiger partial charge is 0.308 e. The van der Waals surface area contributed by atoms with Crippen molar-refractivity contribution in [1.82, 2.24) is 5.32 Å². The maximum Gasteiger partial charge on any atom is 0.241 e. The molecule has 2 unspecified atom stereocenters. The Balaban J connectivity index is 1.73. The molecule has 0 radical (unpaired) electrons. The number of amides is 1. The highest BCUT2D eigenvalue weighted by Crippen LogP contribution is 2.33. The van der Waals surface area contributed by atoms with Crippen molar-refractivity contribution in [3.8, 4) is 0 Å². The van der Waals surface area contributed by atoms with Crippen molar-refractivity contribution in [2.24, 2.45) is 5.14 Å². The maximum absolute atomic E-state index is 12.8. The second-order valence-electron chi connectivity index (χ2n) is 6.81. The number of nitrogens with one attached hydrogen (secondary N) is 1. The molecule has 6 nitrogen and oxygen atoms in total. The molecule has 1 heterocycles. The number of sulfonamides is 1. The monoisotopic (exact) mass is 407 g/mol. The molecule has 1 aliphatic rings. The lowest BCUT2D eigenvalue weighted by Crippen LogP contribution is -2.42. The summed E-state index contributed by atoms with van der Waals surface area (Å²) < 4.78 is 23.1. The molecule has 2 aromatic rings. The molecule has 8 heteroatoms. The minimum absolute atomic E-state index is 0.0326. The molecule has 0 spiro atoms. The van der Waals surface area contributed by atoms with Gasteiger partial charge in [0.25, 0.3) is 0 Å². The van der Waals surface area contributed by atoms with Crippen molar-refractivity contribution < 1.29 is 13.2 Å². The molecule has 1 amide bonds. The minimum Gasteiger partial charge on any atom is -0.308 e. The molecule has 27 heavy (non-hydrogen) atoms. The van der Waals surface area contributed by atoms with Crippen LogP contribution in [0.15, 0.2) is 47.4 Å². The van der Waals surface area contributed by atoms with E-state index in [9.17, 15) is 13.2 Å². The Labute approximate surface area is 164 Å². The number of nitrogens with zero attached hydrogens (tertiary/aromatic N) is 1. The molecule has 0 saturated carbocycles. The van der Waals surface area contributed by atoms with Crippen LogP contribution in [0.2, 0.25) is 5.02 Å². The van der Waals surface area contributed by atoms with E-state index < -0.39 is 10.0 Å². The average Bonchev–Trinajstić information content (AvgIpc) is 2.93. The van der Waals surface area contributed by atoms with Gasteiger partial charge in [0.15, 0.2) is 0 Å². The molecule has 0 aliphatic carbocycles. The van der Waals surface area contributed by atoms with Crippen LogP contribution in [0.5, 0.6) is 0 Å². The van der Waals surface area contributed by atoms with Crippen LogP contribution in [0.4, 0.5) is 5.69 Å². The molecule has 0 aromatic heterocycles. The smallest absolute Gasteiger partial charge is 0.241 e. The Hall–Kier alpha value is -1.93. The van der Waals surface area contributed by atoms with Crippen LogP contribution in [0.1, 0.15) is 31.0 Å². The number of nitrogens with two attached hydrogens (primary N) is 1. The van der Waals surface area contributed by atoms with Gasteiger partial charge in [-0.2, -0.15) is 0 Å². The van der Waals surface area contributed by atoms with Crippen molar-refractivity contribution in [3.05, 3.63) is 58.6 Å². The summed E-state index contributed by atoms with van der Waals surface area (Å²) in [6.45, 7) is 4.07. The van der Waals surface area contributed by atoms with E-state index >= 15 is 0 Å². The fraction of sp³-hybridized carbons (Fsp3) is 0.316. The van der Waals surface area contributed by atoms with Gasteiger partial charge >= 0.3 is 0 Å². The van der Waals surface area contributed by atoms with Gasteiger partial charge in [0, 0.05) is 22.8 Å².